The number of primary amides is 1. The summed E-state index contributed by atoms with van der Waals surface area (Å²) >= 11 is 0. The number of carbonyl (C=O) groups is 2. The smallest absolute Gasteiger partial charge is 0.251 e. The molecule has 1 aliphatic heterocycles. The number of carbonyl (C=O) groups excluding carboxylic acids is 2. The molecule has 0 aromatic heterocycles. The van der Waals surface area contributed by atoms with Crippen LogP contribution in [0.1, 0.15) is 44.8 Å². The summed E-state index contributed by atoms with van der Waals surface area (Å²) in [5.74, 6) is -0.461. The van der Waals surface area contributed by atoms with E-state index in [0.717, 1.165) is 22.4 Å². The predicted molar refractivity (Wildman–Crippen MR) is 143 cm³/mol. The largest absolute Gasteiger partial charge is 0.490 e. The Morgan fingerprint density at radius 2 is 1.87 bits per heavy atom. The average Bonchev–Trinajstić information content (AvgIpc) is 2.93. The number of benzene rings is 3. The molecule has 2 amide bonds. The first kappa shape index (κ1) is 24.8. The van der Waals surface area contributed by atoms with Crippen molar-refractivity contribution in [1.82, 2.24) is 5.32 Å². The van der Waals surface area contributed by atoms with Gasteiger partial charge in [-0.05, 0) is 60.0 Å². The zero-order valence-electron chi connectivity index (χ0n) is 20.8. The van der Waals surface area contributed by atoms with Crippen molar-refractivity contribution in [1.29, 1.82) is 0 Å². The van der Waals surface area contributed by atoms with Gasteiger partial charge in [-0.25, -0.2) is 4.39 Å². The summed E-state index contributed by atoms with van der Waals surface area (Å²) in [6.45, 7) is 3.66. The van der Waals surface area contributed by atoms with Crippen molar-refractivity contribution >= 4 is 17.5 Å². The molecule has 6 nitrogen and oxygen atoms in total. The van der Waals surface area contributed by atoms with Gasteiger partial charge in [-0.2, -0.15) is 0 Å². The van der Waals surface area contributed by atoms with E-state index < -0.39 is 5.91 Å². The van der Waals surface area contributed by atoms with E-state index in [0.29, 0.717) is 42.1 Å². The van der Waals surface area contributed by atoms with E-state index in [1.54, 1.807) is 36.4 Å². The molecule has 1 aliphatic rings. The molecule has 38 heavy (non-hydrogen) atoms. The van der Waals surface area contributed by atoms with E-state index in [9.17, 15) is 14.0 Å². The summed E-state index contributed by atoms with van der Waals surface area (Å²) in [6, 6.07) is 28.1. The minimum atomic E-state index is -0.504. The lowest BCUT2D eigenvalue weighted by atomic mass is 9.99. The fraction of sp³-hybridized carbons (Fsp3) is 0.161. The van der Waals surface area contributed by atoms with Gasteiger partial charge < -0.3 is 20.7 Å². The van der Waals surface area contributed by atoms with Gasteiger partial charge in [-0.3, -0.25) is 9.59 Å². The lowest BCUT2D eigenvalue weighted by Gasteiger charge is -2.31. The minimum absolute atomic E-state index is 0.257. The Hall–Kier alpha value is -4.83. The lowest BCUT2D eigenvalue weighted by molar-refractivity contribution is 0.0938. The van der Waals surface area contributed by atoms with Gasteiger partial charge in [0.2, 0.25) is 5.91 Å². The van der Waals surface area contributed by atoms with Gasteiger partial charge in [0, 0.05) is 23.7 Å². The highest BCUT2D eigenvalue weighted by Crippen LogP contribution is 2.34. The summed E-state index contributed by atoms with van der Waals surface area (Å²) in [4.78, 5) is 26.8. The Labute approximate surface area is 220 Å². The second kappa shape index (κ2) is 10.7. The maximum Gasteiger partial charge on any atom is 0.251 e. The number of halogens is 1. The van der Waals surface area contributed by atoms with E-state index >= 15 is 0 Å². The van der Waals surface area contributed by atoms with Gasteiger partial charge in [0.15, 0.2) is 0 Å². The Kier molecular flexibility index (Phi) is 6.96. The highest BCUT2D eigenvalue weighted by atomic mass is 19.1. The first-order valence-electron chi connectivity index (χ1n) is 12.3. The second-order valence-electron chi connectivity index (χ2n) is 9.17. The molecule has 0 aliphatic carbocycles. The zero-order chi connectivity index (χ0) is 26.6. The maximum absolute atomic E-state index is 13.6. The van der Waals surface area contributed by atoms with Crippen molar-refractivity contribution < 1.29 is 18.7 Å². The Bertz CT molecular complexity index is 1490. The van der Waals surface area contributed by atoms with Gasteiger partial charge in [-0.1, -0.05) is 48.5 Å². The third kappa shape index (κ3) is 5.30. The first-order valence-corrected chi connectivity index (χ1v) is 12.3. The first-order chi connectivity index (χ1) is 18.4. The molecule has 0 radical (unpaired) electrons. The number of fused-ring (bicyclic) bond motifs is 1. The SMILES string of the molecule is C[C@H](NC(=O)c1ccc2c(c1)OCCN2Cc1ccc(-c2cc#ccc2C(N)=O)cc1)c1cccc(F)c1. The van der Waals surface area contributed by atoms with Gasteiger partial charge in [0.1, 0.15) is 18.2 Å². The molecular weight excluding hydrogens is 481 g/mol. The standard InChI is InChI=1S/C31H26FN3O3/c1-20(23-5-4-6-25(32)17-23)34-31(37)24-13-14-28-29(18-24)38-16-15-35(28)19-21-9-11-22(12-10-21)26-7-2-3-8-27(26)30(33)36/h4-14,17-18,20H,15-16,19H2,1H3,(H2,33,36)(H,34,37)/t20-/m0/s1. The van der Waals surface area contributed by atoms with Crippen molar-refractivity contribution in [2.45, 2.75) is 19.5 Å². The number of rotatable bonds is 7. The quantitative estimate of drug-likeness (QED) is 0.365. The molecule has 0 bridgehead atoms. The van der Waals surface area contributed by atoms with Crippen LogP contribution in [0, 0.1) is 17.9 Å². The summed E-state index contributed by atoms with van der Waals surface area (Å²) in [6.07, 6.45) is 0. The third-order valence-corrected chi connectivity index (χ3v) is 6.59. The van der Waals surface area contributed by atoms with Crippen LogP contribution in [-0.2, 0) is 6.54 Å². The van der Waals surface area contributed by atoms with E-state index in [1.807, 2.05) is 37.3 Å². The molecular formula is C31H26FN3O3. The molecule has 1 heterocycles. The molecule has 3 N–H and O–H groups in total. The van der Waals surface area contributed by atoms with Crippen molar-refractivity contribution in [3.8, 4) is 16.9 Å². The van der Waals surface area contributed by atoms with Crippen LogP contribution in [0.5, 0.6) is 5.75 Å². The summed E-state index contributed by atoms with van der Waals surface area (Å²) in [5, 5.41) is 2.92. The van der Waals surface area contributed by atoms with Crippen LogP contribution in [0.15, 0.2) is 78.9 Å². The van der Waals surface area contributed by atoms with E-state index in [2.05, 4.69) is 22.3 Å². The molecule has 0 fully saturated rings. The monoisotopic (exact) mass is 507 g/mol. The molecule has 0 saturated carbocycles. The van der Waals surface area contributed by atoms with Crippen LogP contribution in [0.4, 0.5) is 10.1 Å². The van der Waals surface area contributed by atoms with Crippen molar-refractivity contribution in [3.63, 3.8) is 0 Å². The van der Waals surface area contributed by atoms with Crippen LogP contribution in [0.2, 0.25) is 0 Å². The highest BCUT2D eigenvalue weighted by Gasteiger charge is 2.21. The highest BCUT2D eigenvalue weighted by molar-refractivity contribution is 5.99. The fourth-order valence-corrected chi connectivity index (χ4v) is 4.56. The number of hydrogen-bond donors (Lipinski definition) is 2. The molecule has 0 spiro atoms. The van der Waals surface area contributed by atoms with Crippen molar-refractivity contribution in [2.75, 3.05) is 18.1 Å². The molecule has 4 aromatic carbocycles. The van der Waals surface area contributed by atoms with Crippen LogP contribution in [-0.4, -0.2) is 25.0 Å². The third-order valence-electron chi connectivity index (χ3n) is 6.59. The van der Waals surface area contributed by atoms with E-state index in [1.165, 1.54) is 12.1 Å². The molecule has 7 heteroatoms. The van der Waals surface area contributed by atoms with Crippen LogP contribution in [0.3, 0.4) is 0 Å². The molecule has 1 atom stereocenters. The number of nitrogens with zero attached hydrogens (tertiary/aromatic N) is 1. The van der Waals surface area contributed by atoms with E-state index in [-0.39, 0.29) is 17.8 Å². The lowest BCUT2D eigenvalue weighted by Crippen LogP contribution is -2.32. The van der Waals surface area contributed by atoms with Gasteiger partial charge in [-0.15, -0.1) is 0 Å². The van der Waals surface area contributed by atoms with Gasteiger partial charge >= 0.3 is 0 Å². The van der Waals surface area contributed by atoms with Crippen LogP contribution >= 0.6 is 0 Å². The number of nitrogens with two attached hydrogens (primary N) is 1. The Balaban J connectivity index is 1.29. The summed E-state index contributed by atoms with van der Waals surface area (Å²) in [5.41, 5.74) is 10.7. The van der Waals surface area contributed by atoms with Gasteiger partial charge in [0.05, 0.1) is 23.8 Å². The Morgan fingerprint density at radius 3 is 2.63 bits per heavy atom. The Morgan fingerprint density at radius 1 is 1.08 bits per heavy atom. The minimum Gasteiger partial charge on any atom is -0.490 e. The number of amides is 2. The zero-order valence-corrected chi connectivity index (χ0v) is 20.8. The molecule has 0 unspecified atom stereocenters. The van der Waals surface area contributed by atoms with Crippen molar-refractivity contribution in [2.24, 2.45) is 5.73 Å². The predicted octanol–water partition coefficient (Wildman–Crippen LogP) is 5.08. The topological polar surface area (TPSA) is 84.7 Å². The fourth-order valence-electron chi connectivity index (χ4n) is 4.56. The van der Waals surface area contributed by atoms with Crippen LogP contribution in [0.25, 0.3) is 11.1 Å². The number of nitrogens with one attached hydrogen (secondary N) is 1. The van der Waals surface area contributed by atoms with Crippen molar-refractivity contribution in [3.05, 3.63) is 119 Å². The van der Waals surface area contributed by atoms with Crippen LogP contribution < -0.4 is 20.7 Å². The van der Waals surface area contributed by atoms with E-state index in [4.69, 9.17) is 10.5 Å². The second-order valence-corrected chi connectivity index (χ2v) is 9.17. The maximum atomic E-state index is 13.6. The molecule has 5 rings (SSSR count). The summed E-state index contributed by atoms with van der Waals surface area (Å²) < 4.78 is 19.4. The number of anilines is 1. The normalized spacial score (nSPS) is 13.1. The molecule has 190 valence electrons. The van der Waals surface area contributed by atoms with Gasteiger partial charge in [0.25, 0.3) is 5.91 Å². The number of hydrogen-bond acceptors (Lipinski definition) is 4. The summed E-state index contributed by atoms with van der Waals surface area (Å²) in [7, 11) is 0. The molecule has 4 aromatic rings. The average molecular weight is 508 g/mol. The molecule has 0 saturated heterocycles. The number of ether oxygens (including phenoxy) is 1.